The molecular formula is C15H15N5O2. The summed E-state index contributed by atoms with van der Waals surface area (Å²) in [6.07, 6.45) is 5.19. The molecular weight excluding hydrogens is 282 g/mol. The van der Waals surface area contributed by atoms with Crippen molar-refractivity contribution in [2.75, 3.05) is 0 Å². The van der Waals surface area contributed by atoms with E-state index in [0.717, 1.165) is 5.69 Å². The molecule has 0 amide bonds. The molecule has 0 bridgehead atoms. The van der Waals surface area contributed by atoms with E-state index in [-0.39, 0.29) is 11.2 Å². The first-order valence-corrected chi connectivity index (χ1v) is 6.85. The van der Waals surface area contributed by atoms with Crippen LogP contribution in [0.15, 0.2) is 47.7 Å². The molecule has 3 aromatic heterocycles. The molecule has 0 spiro atoms. The van der Waals surface area contributed by atoms with Crippen LogP contribution >= 0.6 is 0 Å². The molecule has 0 radical (unpaired) electrons. The summed E-state index contributed by atoms with van der Waals surface area (Å²) in [5.41, 5.74) is 1.65. The molecule has 0 aliphatic carbocycles. The van der Waals surface area contributed by atoms with E-state index in [9.17, 15) is 9.90 Å². The quantitative estimate of drug-likeness (QED) is 0.782. The van der Waals surface area contributed by atoms with Gasteiger partial charge in [0.25, 0.3) is 0 Å². The van der Waals surface area contributed by atoms with Crippen LogP contribution in [-0.4, -0.2) is 29.7 Å². The van der Waals surface area contributed by atoms with Crippen LogP contribution in [0.25, 0.3) is 11.4 Å². The minimum absolute atomic E-state index is 0.213. The molecule has 0 saturated heterocycles. The van der Waals surface area contributed by atoms with Crippen LogP contribution in [0.5, 0.6) is 5.75 Å². The van der Waals surface area contributed by atoms with Gasteiger partial charge in [-0.05, 0) is 19.1 Å². The molecule has 0 aliphatic rings. The highest BCUT2D eigenvalue weighted by Crippen LogP contribution is 2.12. The van der Waals surface area contributed by atoms with Crippen LogP contribution < -0.4 is 5.43 Å². The minimum Gasteiger partial charge on any atom is -0.503 e. The summed E-state index contributed by atoms with van der Waals surface area (Å²) in [6, 6.07) is 6.97. The van der Waals surface area contributed by atoms with Gasteiger partial charge in [-0.2, -0.15) is 0 Å². The third kappa shape index (κ3) is 2.73. The molecule has 0 unspecified atom stereocenters. The predicted octanol–water partition coefficient (Wildman–Crippen LogP) is 1.22. The number of pyridine rings is 2. The summed E-state index contributed by atoms with van der Waals surface area (Å²) >= 11 is 0. The largest absolute Gasteiger partial charge is 0.503 e. The molecule has 3 rings (SSSR count). The van der Waals surface area contributed by atoms with E-state index in [1.807, 2.05) is 24.4 Å². The Kier molecular flexibility index (Phi) is 3.69. The maximum Gasteiger partial charge on any atom is 0.223 e. The molecule has 112 valence electrons. The van der Waals surface area contributed by atoms with Crippen LogP contribution in [0.1, 0.15) is 5.69 Å². The molecule has 22 heavy (non-hydrogen) atoms. The van der Waals surface area contributed by atoms with E-state index in [1.165, 1.54) is 6.07 Å². The molecule has 1 N–H and O–H groups in total. The zero-order valence-electron chi connectivity index (χ0n) is 12.0. The highest BCUT2D eigenvalue weighted by Gasteiger charge is 2.07. The Balaban J connectivity index is 1.74. The van der Waals surface area contributed by atoms with Crippen molar-refractivity contribution in [3.05, 3.63) is 58.8 Å². The summed E-state index contributed by atoms with van der Waals surface area (Å²) in [5, 5.41) is 17.8. The first-order valence-electron chi connectivity index (χ1n) is 6.85. The summed E-state index contributed by atoms with van der Waals surface area (Å²) in [6.45, 7) is 2.85. The summed E-state index contributed by atoms with van der Waals surface area (Å²) < 4.78 is 3.51. The molecule has 7 nitrogen and oxygen atoms in total. The molecule has 0 fully saturated rings. The van der Waals surface area contributed by atoms with Crippen molar-refractivity contribution in [2.45, 2.75) is 20.0 Å². The van der Waals surface area contributed by atoms with Crippen molar-refractivity contribution in [1.82, 2.24) is 24.5 Å². The van der Waals surface area contributed by atoms with Gasteiger partial charge in [-0.25, -0.2) is 0 Å². The predicted molar refractivity (Wildman–Crippen MR) is 80.4 cm³/mol. The monoisotopic (exact) mass is 297 g/mol. The third-order valence-electron chi connectivity index (χ3n) is 3.45. The Morgan fingerprint density at radius 1 is 1.18 bits per heavy atom. The molecule has 3 heterocycles. The number of hydrogen-bond acceptors (Lipinski definition) is 5. The van der Waals surface area contributed by atoms with Gasteiger partial charge in [-0.15, -0.1) is 5.10 Å². The van der Waals surface area contributed by atoms with Gasteiger partial charge in [0.1, 0.15) is 5.69 Å². The van der Waals surface area contributed by atoms with Gasteiger partial charge in [0.2, 0.25) is 5.43 Å². The van der Waals surface area contributed by atoms with Gasteiger partial charge >= 0.3 is 0 Å². The molecule has 7 heteroatoms. The van der Waals surface area contributed by atoms with Crippen LogP contribution in [0.2, 0.25) is 0 Å². The maximum absolute atomic E-state index is 11.3. The smallest absolute Gasteiger partial charge is 0.223 e. The lowest BCUT2D eigenvalue weighted by Gasteiger charge is -2.10. The fourth-order valence-electron chi connectivity index (χ4n) is 2.15. The van der Waals surface area contributed by atoms with E-state index in [0.29, 0.717) is 24.5 Å². The summed E-state index contributed by atoms with van der Waals surface area (Å²) in [5.74, 6) is -0.213. The van der Waals surface area contributed by atoms with Gasteiger partial charge in [-0.1, -0.05) is 11.3 Å². The van der Waals surface area contributed by atoms with Gasteiger partial charge < -0.3 is 9.67 Å². The van der Waals surface area contributed by atoms with E-state index in [4.69, 9.17) is 0 Å². The molecule has 0 atom stereocenters. The van der Waals surface area contributed by atoms with Crippen molar-refractivity contribution in [1.29, 1.82) is 0 Å². The van der Waals surface area contributed by atoms with Crippen molar-refractivity contribution in [3.8, 4) is 17.1 Å². The fourth-order valence-corrected chi connectivity index (χ4v) is 2.15. The molecule has 3 aromatic rings. The Labute approximate surface area is 126 Å². The van der Waals surface area contributed by atoms with Crippen LogP contribution in [-0.2, 0) is 13.1 Å². The Hall–Kier alpha value is -2.96. The lowest BCUT2D eigenvalue weighted by molar-refractivity contribution is 0.444. The standard InChI is InChI=1S/C15H15N5O2/c1-11-15(22)14(21)5-7-19(11)8-9-20-10-13(17-18-20)12-4-2-3-6-16-12/h2-7,10,22H,8-9H2,1H3. The number of nitrogens with zero attached hydrogens (tertiary/aromatic N) is 5. The highest BCUT2D eigenvalue weighted by atomic mass is 16.3. The second-order valence-corrected chi connectivity index (χ2v) is 4.89. The second kappa shape index (κ2) is 5.80. The fraction of sp³-hybridized carbons (Fsp3) is 0.200. The normalized spacial score (nSPS) is 10.8. The Bertz CT molecular complexity index is 839. The molecule has 0 aliphatic heterocycles. The Morgan fingerprint density at radius 2 is 2.05 bits per heavy atom. The summed E-state index contributed by atoms with van der Waals surface area (Å²) in [7, 11) is 0. The van der Waals surface area contributed by atoms with Crippen molar-refractivity contribution in [3.63, 3.8) is 0 Å². The Morgan fingerprint density at radius 3 is 2.82 bits per heavy atom. The zero-order chi connectivity index (χ0) is 15.5. The van der Waals surface area contributed by atoms with Crippen LogP contribution in [0.4, 0.5) is 0 Å². The first-order chi connectivity index (χ1) is 10.6. The third-order valence-corrected chi connectivity index (χ3v) is 3.45. The van der Waals surface area contributed by atoms with E-state index < -0.39 is 0 Å². The number of rotatable bonds is 4. The number of aryl methyl sites for hydroxylation is 2. The summed E-state index contributed by atoms with van der Waals surface area (Å²) in [4.78, 5) is 15.6. The lowest BCUT2D eigenvalue weighted by atomic mass is 10.3. The van der Waals surface area contributed by atoms with Crippen LogP contribution in [0, 0.1) is 6.92 Å². The van der Waals surface area contributed by atoms with Crippen molar-refractivity contribution in [2.24, 2.45) is 0 Å². The first kappa shape index (κ1) is 14.0. The van der Waals surface area contributed by atoms with E-state index in [2.05, 4.69) is 15.3 Å². The van der Waals surface area contributed by atoms with E-state index >= 15 is 0 Å². The minimum atomic E-state index is -0.369. The molecule has 0 aromatic carbocycles. The van der Waals surface area contributed by atoms with Crippen molar-refractivity contribution >= 4 is 0 Å². The lowest BCUT2D eigenvalue weighted by Crippen LogP contribution is -2.14. The number of aromatic nitrogens is 5. The second-order valence-electron chi connectivity index (χ2n) is 4.89. The van der Waals surface area contributed by atoms with Gasteiger partial charge in [0.15, 0.2) is 5.75 Å². The van der Waals surface area contributed by atoms with Crippen LogP contribution in [0.3, 0.4) is 0 Å². The average molecular weight is 297 g/mol. The number of aromatic hydroxyl groups is 1. The van der Waals surface area contributed by atoms with Gasteiger partial charge in [0, 0.05) is 25.0 Å². The average Bonchev–Trinajstić information content (AvgIpc) is 3.02. The van der Waals surface area contributed by atoms with E-state index in [1.54, 1.807) is 28.6 Å². The van der Waals surface area contributed by atoms with Gasteiger partial charge in [0.05, 0.1) is 24.1 Å². The number of hydrogen-bond donors (Lipinski definition) is 1. The highest BCUT2D eigenvalue weighted by molar-refractivity contribution is 5.51. The maximum atomic E-state index is 11.3. The molecule has 0 saturated carbocycles. The van der Waals surface area contributed by atoms with Gasteiger partial charge in [-0.3, -0.25) is 14.5 Å². The SMILES string of the molecule is Cc1c(O)c(=O)ccn1CCn1cc(-c2ccccn2)nn1. The zero-order valence-corrected chi connectivity index (χ0v) is 12.0. The topological polar surface area (TPSA) is 85.8 Å². The van der Waals surface area contributed by atoms with Crippen molar-refractivity contribution < 1.29 is 5.11 Å².